The topological polar surface area (TPSA) is 80.4 Å². The summed E-state index contributed by atoms with van der Waals surface area (Å²) in [6.07, 6.45) is 0. The molecule has 7 heteroatoms. The summed E-state index contributed by atoms with van der Waals surface area (Å²) < 4.78 is 0. The minimum atomic E-state index is -1.11. The fourth-order valence-corrected chi connectivity index (χ4v) is 2.94. The predicted octanol–water partition coefficient (Wildman–Crippen LogP) is 4.41. The second-order valence-electron chi connectivity index (χ2n) is 4.21. The lowest BCUT2D eigenvalue weighted by atomic mass is 10.2. The Morgan fingerprint density at radius 2 is 2.05 bits per heavy atom. The Morgan fingerprint density at radius 3 is 2.67 bits per heavy atom. The van der Waals surface area contributed by atoms with E-state index in [2.05, 4.69) is 0 Å². The van der Waals surface area contributed by atoms with E-state index in [1.54, 1.807) is 25.1 Å². The maximum atomic E-state index is 11.1. The summed E-state index contributed by atoms with van der Waals surface area (Å²) in [5, 5.41) is 20.1. The number of nitro groups is 1. The molecule has 0 unspecified atom stereocenters. The molecule has 0 saturated carbocycles. The highest BCUT2D eigenvalue weighted by Gasteiger charge is 2.15. The van der Waals surface area contributed by atoms with Gasteiger partial charge in [0.05, 0.1) is 15.5 Å². The van der Waals surface area contributed by atoms with Crippen LogP contribution in [-0.4, -0.2) is 16.0 Å². The highest BCUT2D eigenvalue weighted by molar-refractivity contribution is 7.99. The second kappa shape index (κ2) is 6.15. The Kier molecular flexibility index (Phi) is 4.50. The number of rotatable bonds is 4. The van der Waals surface area contributed by atoms with Gasteiger partial charge in [-0.2, -0.15) is 0 Å². The molecule has 108 valence electrons. The van der Waals surface area contributed by atoms with Crippen LogP contribution in [0.15, 0.2) is 46.2 Å². The number of carbonyl (C=O) groups is 1. The molecule has 0 spiro atoms. The van der Waals surface area contributed by atoms with Gasteiger partial charge in [-0.05, 0) is 31.2 Å². The van der Waals surface area contributed by atoms with Crippen LogP contribution in [0, 0.1) is 17.0 Å². The van der Waals surface area contributed by atoms with Crippen molar-refractivity contribution in [1.29, 1.82) is 0 Å². The van der Waals surface area contributed by atoms with Crippen LogP contribution < -0.4 is 0 Å². The molecule has 2 aromatic carbocycles. The molecule has 0 saturated heterocycles. The summed E-state index contributed by atoms with van der Waals surface area (Å²) in [4.78, 5) is 22.9. The van der Waals surface area contributed by atoms with Crippen molar-refractivity contribution in [3.8, 4) is 0 Å². The first-order valence-corrected chi connectivity index (χ1v) is 7.04. The molecule has 0 aliphatic carbocycles. The van der Waals surface area contributed by atoms with Gasteiger partial charge < -0.3 is 5.11 Å². The van der Waals surface area contributed by atoms with Crippen LogP contribution in [-0.2, 0) is 0 Å². The van der Waals surface area contributed by atoms with Crippen LogP contribution in [0.5, 0.6) is 0 Å². The number of nitrogens with zero attached hydrogens (tertiary/aromatic N) is 1. The lowest BCUT2D eigenvalue weighted by Gasteiger charge is -2.07. The number of nitro benzene ring substituents is 1. The van der Waals surface area contributed by atoms with Crippen molar-refractivity contribution in [2.24, 2.45) is 0 Å². The van der Waals surface area contributed by atoms with Gasteiger partial charge in [-0.3, -0.25) is 10.1 Å². The number of carboxylic acids is 1. The number of halogens is 1. The summed E-state index contributed by atoms with van der Waals surface area (Å²) in [5.74, 6) is -1.11. The van der Waals surface area contributed by atoms with E-state index in [0.717, 1.165) is 0 Å². The van der Waals surface area contributed by atoms with Gasteiger partial charge in [0.2, 0.25) is 0 Å². The number of aromatic carboxylic acids is 1. The van der Waals surface area contributed by atoms with Crippen LogP contribution in [0.3, 0.4) is 0 Å². The molecular formula is C14H10ClNO4S. The third kappa shape index (κ3) is 3.34. The standard InChI is InChI=1S/C14H10ClNO4S/c1-8-12(16(19)20)3-2-4-13(8)21-9-5-6-11(15)10(7-9)14(17)18/h2-7H,1H3,(H,17,18). The zero-order valence-corrected chi connectivity index (χ0v) is 12.4. The molecule has 0 bridgehead atoms. The molecule has 21 heavy (non-hydrogen) atoms. The van der Waals surface area contributed by atoms with E-state index < -0.39 is 10.9 Å². The SMILES string of the molecule is Cc1c(Sc2ccc(Cl)c(C(=O)O)c2)cccc1[N+](=O)[O-]. The Hall–Kier alpha value is -2.05. The molecule has 0 atom stereocenters. The quantitative estimate of drug-likeness (QED) is 0.666. The van der Waals surface area contributed by atoms with Crippen molar-refractivity contribution in [3.63, 3.8) is 0 Å². The molecule has 0 fully saturated rings. The van der Waals surface area contributed by atoms with Crippen LogP contribution in [0.4, 0.5) is 5.69 Å². The minimum absolute atomic E-state index is 0.00440. The zero-order valence-electron chi connectivity index (χ0n) is 10.9. The summed E-state index contributed by atoms with van der Waals surface area (Å²) in [6, 6.07) is 9.42. The zero-order chi connectivity index (χ0) is 15.6. The fraction of sp³-hybridized carbons (Fsp3) is 0.0714. The van der Waals surface area contributed by atoms with Gasteiger partial charge >= 0.3 is 5.97 Å². The first-order chi connectivity index (χ1) is 9.90. The summed E-state index contributed by atoms with van der Waals surface area (Å²) in [5.41, 5.74) is 0.580. The van der Waals surface area contributed by atoms with Crippen LogP contribution in [0.2, 0.25) is 5.02 Å². The normalized spacial score (nSPS) is 10.4. The third-order valence-electron chi connectivity index (χ3n) is 2.85. The van der Waals surface area contributed by atoms with E-state index in [0.29, 0.717) is 15.4 Å². The highest BCUT2D eigenvalue weighted by atomic mass is 35.5. The maximum Gasteiger partial charge on any atom is 0.337 e. The molecule has 0 amide bonds. The van der Waals surface area contributed by atoms with Crippen LogP contribution in [0.1, 0.15) is 15.9 Å². The van der Waals surface area contributed by atoms with Gasteiger partial charge in [0.25, 0.3) is 5.69 Å². The van der Waals surface area contributed by atoms with Crippen molar-refractivity contribution in [2.75, 3.05) is 0 Å². The summed E-state index contributed by atoms with van der Waals surface area (Å²) in [7, 11) is 0. The Bertz CT molecular complexity index is 733. The molecule has 2 aromatic rings. The summed E-state index contributed by atoms with van der Waals surface area (Å²) >= 11 is 7.07. The molecule has 0 aliphatic heterocycles. The first-order valence-electron chi connectivity index (χ1n) is 5.85. The second-order valence-corrected chi connectivity index (χ2v) is 5.73. The Labute approximate surface area is 129 Å². The van der Waals surface area contributed by atoms with E-state index in [-0.39, 0.29) is 16.3 Å². The van der Waals surface area contributed by atoms with E-state index >= 15 is 0 Å². The molecule has 0 aromatic heterocycles. The molecule has 0 aliphatic rings. The van der Waals surface area contributed by atoms with Crippen molar-refractivity contribution in [2.45, 2.75) is 16.7 Å². The lowest BCUT2D eigenvalue weighted by Crippen LogP contribution is -1.97. The number of hydrogen-bond acceptors (Lipinski definition) is 4. The molecule has 0 radical (unpaired) electrons. The van der Waals surface area contributed by atoms with Crippen molar-refractivity contribution >= 4 is 35.0 Å². The molecule has 0 heterocycles. The Morgan fingerprint density at radius 1 is 1.33 bits per heavy atom. The van der Waals surface area contributed by atoms with Gasteiger partial charge in [-0.15, -0.1) is 0 Å². The van der Waals surface area contributed by atoms with Crippen LogP contribution >= 0.6 is 23.4 Å². The van der Waals surface area contributed by atoms with Gasteiger partial charge in [-0.1, -0.05) is 29.4 Å². The summed E-state index contributed by atoms with van der Waals surface area (Å²) in [6.45, 7) is 1.66. The third-order valence-corrected chi connectivity index (χ3v) is 4.33. The van der Waals surface area contributed by atoms with E-state index in [4.69, 9.17) is 16.7 Å². The monoisotopic (exact) mass is 323 g/mol. The van der Waals surface area contributed by atoms with Crippen molar-refractivity contribution < 1.29 is 14.8 Å². The van der Waals surface area contributed by atoms with Gasteiger partial charge in [-0.25, -0.2) is 4.79 Å². The Balaban J connectivity index is 2.39. The van der Waals surface area contributed by atoms with E-state index in [1.807, 2.05) is 0 Å². The minimum Gasteiger partial charge on any atom is -0.478 e. The van der Waals surface area contributed by atoms with Gasteiger partial charge in [0, 0.05) is 21.4 Å². The predicted molar refractivity (Wildman–Crippen MR) is 80.4 cm³/mol. The average molecular weight is 324 g/mol. The number of benzene rings is 2. The largest absolute Gasteiger partial charge is 0.478 e. The molecule has 2 rings (SSSR count). The van der Waals surface area contributed by atoms with Crippen molar-refractivity contribution in [3.05, 3.63) is 62.7 Å². The van der Waals surface area contributed by atoms with Gasteiger partial charge in [0.15, 0.2) is 0 Å². The highest BCUT2D eigenvalue weighted by Crippen LogP contribution is 2.35. The van der Waals surface area contributed by atoms with E-state index in [1.165, 1.54) is 30.0 Å². The number of hydrogen-bond donors (Lipinski definition) is 1. The average Bonchev–Trinajstić information content (AvgIpc) is 2.42. The van der Waals surface area contributed by atoms with E-state index in [9.17, 15) is 14.9 Å². The van der Waals surface area contributed by atoms with Crippen LogP contribution in [0.25, 0.3) is 0 Å². The fourth-order valence-electron chi connectivity index (χ4n) is 1.77. The first kappa shape index (κ1) is 15.3. The maximum absolute atomic E-state index is 11.1. The van der Waals surface area contributed by atoms with Gasteiger partial charge in [0.1, 0.15) is 0 Å². The number of carboxylic acid groups (broad SMARTS) is 1. The molecular weight excluding hydrogens is 314 g/mol. The molecule has 1 N–H and O–H groups in total. The molecule has 5 nitrogen and oxygen atoms in total. The smallest absolute Gasteiger partial charge is 0.337 e. The van der Waals surface area contributed by atoms with Crippen molar-refractivity contribution in [1.82, 2.24) is 0 Å². The lowest BCUT2D eigenvalue weighted by molar-refractivity contribution is -0.385.